The molecule has 0 saturated heterocycles. The van der Waals surface area contributed by atoms with Crippen LogP contribution in [0.3, 0.4) is 0 Å². The van der Waals surface area contributed by atoms with E-state index in [-0.39, 0.29) is 17.3 Å². The van der Waals surface area contributed by atoms with E-state index in [2.05, 4.69) is 4.72 Å². The number of hydrogen-bond acceptors (Lipinski definition) is 3. The zero-order valence-electron chi connectivity index (χ0n) is 10.3. The molecule has 0 spiro atoms. The maximum atomic E-state index is 12.0. The molecule has 0 aromatic heterocycles. The molecule has 0 saturated carbocycles. The quantitative estimate of drug-likeness (QED) is 0.923. The van der Waals surface area contributed by atoms with Gasteiger partial charge < -0.3 is 0 Å². The lowest BCUT2D eigenvalue weighted by Crippen LogP contribution is -2.37. The first-order chi connectivity index (χ1) is 8.27. The van der Waals surface area contributed by atoms with Gasteiger partial charge in [-0.05, 0) is 32.0 Å². The summed E-state index contributed by atoms with van der Waals surface area (Å²) in [5.41, 5.74) is 0.401. The monoisotopic (exact) mass is 287 g/mol. The van der Waals surface area contributed by atoms with E-state index >= 15 is 0 Å². The molecule has 0 unspecified atom stereocenters. The highest BCUT2D eigenvalue weighted by molar-refractivity contribution is 7.90. The summed E-state index contributed by atoms with van der Waals surface area (Å²) < 4.78 is 27.5. The normalized spacial score (nSPS) is 11.6. The van der Waals surface area contributed by atoms with Gasteiger partial charge >= 0.3 is 10.2 Å². The highest BCUT2D eigenvalue weighted by Gasteiger charge is 2.21. The van der Waals surface area contributed by atoms with Crippen LogP contribution in [0, 0.1) is 11.3 Å². The van der Waals surface area contributed by atoms with Gasteiger partial charge in [0, 0.05) is 18.1 Å². The Hall–Kier alpha value is -1.29. The Balaban J connectivity index is 3.12. The molecule has 7 heteroatoms. The van der Waals surface area contributed by atoms with E-state index in [0.717, 1.165) is 0 Å². The minimum Gasteiger partial charge on any atom is -0.270 e. The Morgan fingerprint density at radius 1 is 1.44 bits per heavy atom. The van der Waals surface area contributed by atoms with Crippen LogP contribution in [-0.2, 0) is 10.2 Å². The van der Waals surface area contributed by atoms with Crippen molar-refractivity contribution in [2.45, 2.75) is 19.9 Å². The number of benzene rings is 1. The molecule has 0 atom stereocenters. The second kappa shape index (κ2) is 5.57. The molecule has 0 fully saturated rings. The molecular weight excluding hydrogens is 274 g/mol. The molecular formula is C11H14ClN3O2S. The molecule has 0 amide bonds. The fourth-order valence-corrected chi connectivity index (χ4v) is 2.50. The summed E-state index contributed by atoms with van der Waals surface area (Å²) in [5, 5.41) is 9.27. The van der Waals surface area contributed by atoms with E-state index in [1.165, 1.54) is 29.6 Å². The minimum absolute atomic E-state index is 0.178. The Labute approximate surface area is 112 Å². The van der Waals surface area contributed by atoms with Crippen molar-refractivity contribution >= 4 is 27.5 Å². The van der Waals surface area contributed by atoms with Crippen molar-refractivity contribution in [1.29, 1.82) is 5.26 Å². The standard InChI is InChI=1S/C11H14ClN3O2S/c1-8(2)15(3)18(16,17)14-11-6-10(12)5-4-9(11)7-13/h4-6,8,14H,1-3H3. The molecule has 1 aromatic rings. The van der Waals surface area contributed by atoms with E-state index in [1.807, 2.05) is 6.07 Å². The van der Waals surface area contributed by atoms with E-state index in [4.69, 9.17) is 16.9 Å². The zero-order chi connectivity index (χ0) is 13.9. The Morgan fingerprint density at radius 2 is 2.06 bits per heavy atom. The van der Waals surface area contributed by atoms with Crippen molar-refractivity contribution < 1.29 is 8.42 Å². The first-order valence-corrected chi connectivity index (χ1v) is 7.05. The number of anilines is 1. The van der Waals surface area contributed by atoms with Gasteiger partial charge in [0.1, 0.15) is 6.07 Å². The molecule has 18 heavy (non-hydrogen) atoms. The SMILES string of the molecule is CC(C)N(C)S(=O)(=O)Nc1cc(Cl)ccc1C#N. The summed E-state index contributed by atoms with van der Waals surface area (Å²) in [4.78, 5) is 0. The lowest BCUT2D eigenvalue weighted by Gasteiger charge is -2.22. The van der Waals surface area contributed by atoms with Crippen molar-refractivity contribution in [3.05, 3.63) is 28.8 Å². The largest absolute Gasteiger partial charge is 0.301 e. The van der Waals surface area contributed by atoms with Gasteiger partial charge in [-0.2, -0.15) is 18.0 Å². The van der Waals surface area contributed by atoms with Gasteiger partial charge in [0.25, 0.3) is 0 Å². The van der Waals surface area contributed by atoms with E-state index < -0.39 is 10.2 Å². The topological polar surface area (TPSA) is 73.2 Å². The maximum Gasteiger partial charge on any atom is 0.301 e. The first-order valence-electron chi connectivity index (χ1n) is 5.23. The van der Waals surface area contributed by atoms with Crippen molar-refractivity contribution in [2.24, 2.45) is 0 Å². The van der Waals surface area contributed by atoms with Gasteiger partial charge in [0.15, 0.2) is 0 Å². The minimum atomic E-state index is -3.69. The van der Waals surface area contributed by atoms with Gasteiger partial charge in [0.2, 0.25) is 0 Å². The molecule has 0 aliphatic carbocycles. The van der Waals surface area contributed by atoms with Crippen molar-refractivity contribution in [3.63, 3.8) is 0 Å². The average Bonchev–Trinajstić information content (AvgIpc) is 2.27. The van der Waals surface area contributed by atoms with Crippen LogP contribution in [0.15, 0.2) is 18.2 Å². The second-order valence-corrected chi connectivity index (χ2v) is 6.19. The lowest BCUT2D eigenvalue weighted by molar-refractivity contribution is 0.414. The molecule has 1 rings (SSSR count). The lowest BCUT2D eigenvalue weighted by atomic mass is 10.2. The third-order valence-corrected chi connectivity index (χ3v) is 4.34. The summed E-state index contributed by atoms with van der Waals surface area (Å²) >= 11 is 5.79. The van der Waals surface area contributed by atoms with Crippen molar-refractivity contribution in [2.75, 3.05) is 11.8 Å². The van der Waals surface area contributed by atoms with Gasteiger partial charge in [-0.25, -0.2) is 0 Å². The second-order valence-electron chi connectivity index (χ2n) is 4.02. The van der Waals surface area contributed by atoms with E-state index in [9.17, 15) is 8.42 Å². The molecule has 0 aliphatic rings. The molecule has 1 aromatic carbocycles. The van der Waals surface area contributed by atoms with Crippen LogP contribution in [0.25, 0.3) is 0 Å². The van der Waals surface area contributed by atoms with Crippen LogP contribution in [0.1, 0.15) is 19.4 Å². The van der Waals surface area contributed by atoms with Crippen molar-refractivity contribution in [3.8, 4) is 6.07 Å². The predicted molar refractivity (Wildman–Crippen MR) is 71.6 cm³/mol. The molecule has 98 valence electrons. The third kappa shape index (κ3) is 3.35. The Morgan fingerprint density at radius 3 is 2.56 bits per heavy atom. The van der Waals surface area contributed by atoms with Gasteiger partial charge in [-0.3, -0.25) is 4.72 Å². The smallest absolute Gasteiger partial charge is 0.270 e. The fourth-order valence-electron chi connectivity index (χ4n) is 1.19. The molecule has 0 bridgehead atoms. The molecule has 0 heterocycles. The highest BCUT2D eigenvalue weighted by Crippen LogP contribution is 2.22. The molecule has 0 aliphatic heterocycles. The van der Waals surface area contributed by atoms with Crippen LogP contribution in [0.5, 0.6) is 0 Å². The summed E-state index contributed by atoms with van der Waals surface area (Å²) in [5.74, 6) is 0. The van der Waals surface area contributed by atoms with Crippen molar-refractivity contribution in [1.82, 2.24) is 4.31 Å². The average molecular weight is 288 g/mol. The summed E-state index contributed by atoms with van der Waals surface area (Å²) in [6, 6.07) is 6.13. The summed E-state index contributed by atoms with van der Waals surface area (Å²) in [7, 11) is -2.23. The molecule has 1 N–H and O–H groups in total. The van der Waals surface area contributed by atoms with Crippen LogP contribution in [0.4, 0.5) is 5.69 Å². The Kier molecular flexibility index (Phi) is 4.57. The zero-order valence-corrected chi connectivity index (χ0v) is 11.9. The van der Waals surface area contributed by atoms with Crippen LogP contribution in [-0.4, -0.2) is 25.8 Å². The molecule has 0 radical (unpaired) electrons. The van der Waals surface area contributed by atoms with E-state index in [0.29, 0.717) is 5.02 Å². The summed E-state index contributed by atoms with van der Waals surface area (Å²) in [6.45, 7) is 3.50. The molecule has 5 nitrogen and oxygen atoms in total. The van der Waals surface area contributed by atoms with Gasteiger partial charge in [0.05, 0.1) is 11.3 Å². The first kappa shape index (κ1) is 14.8. The van der Waals surface area contributed by atoms with Gasteiger partial charge in [-0.15, -0.1) is 0 Å². The van der Waals surface area contributed by atoms with E-state index in [1.54, 1.807) is 13.8 Å². The number of nitrogens with one attached hydrogen (secondary N) is 1. The van der Waals surface area contributed by atoms with Crippen LogP contribution in [0.2, 0.25) is 5.02 Å². The van der Waals surface area contributed by atoms with Crippen LogP contribution >= 0.6 is 11.6 Å². The fraction of sp³-hybridized carbons (Fsp3) is 0.364. The third-order valence-electron chi connectivity index (χ3n) is 2.45. The highest BCUT2D eigenvalue weighted by atomic mass is 35.5. The van der Waals surface area contributed by atoms with Gasteiger partial charge in [-0.1, -0.05) is 11.6 Å². The number of hydrogen-bond donors (Lipinski definition) is 1. The summed E-state index contributed by atoms with van der Waals surface area (Å²) in [6.07, 6.45) is 0. The number of rotatable bonds is 4. The maximum absolute atomic E-state index is 12.0. The Bertz CT molecular complexity index is 578. The van der Waals surface area contributed by atoms with Crippen LogP contribution < -0.4 is 4.72 Å². The number of halogens is 1. The predicted octanol–water partition coefficient (Wildman–Crippen LogP) is 2.21. The number of nitriles is 1. The number of nitrogens with zero attached hydrogens (tertiary/aromatic N) is 2.